The molecule has 4 bridgehead atoms. The van der Waals surface area contributed by atoms with Crippen LogP contribution in [0.25, 0.3) is 0 Å². The Morgan fingerprint density at radius 3 is 2.58 bits per heavy atom. The summed E-state index contributed by atoms with van der Waals surface area (Å²) >= 11 is 0. The van der Waals surface area contributed by atoms with Crippen LogP contribution in [0.3, 0.4) is 0 Å². The number of hydrogen-bond acceptors (Lipinski definition) is 3. The second kappa shape index (κ2) is 9.13. The van der Waals surface area contributed by atoms with E-state index in [9.17, 15) is 14.7 Å². The quantitative estimate of drug-likeness (QED) is 0.201. The van der Waals surface area contributed by atoms with Gasteiger partial charge in [-0.05, 0) is 62.2 Å². The summed E-state index contributed by atoms with van der Waals surface area (Å²) in [5.74, 6) is 0.562. The maximum Gasteiger partial charge on any atom is 0.315 e. The topological polar surface area (TPSA) is 63.6 Å². The molecule has 0 saturated heterocycles. The molecule has 4 rings (SSSR count). The number of aldehydes is 1. The number of unbranched alkanes of at least 4 members (excludes halogenated alkanes) is 4. The van der Waals surface area contributed by atoms with Crippen LogP contribution >= 0.6 is 0 Å². The molecule has 0 aliphatic heterocycles. The lowest BCUT2D eigenvalue weighted by Gasteiger charge is -2.53. The van der Waals surface area contributed by atoms with Gasteiger partial charge in [-0.25, -0.2) is 0 Å². The fourth-order valence-electron chi connectivity index (χ4n) is 8.94. The van der Waals surface area contributed by atoms with Crippen molar-refractivity contribution < 1.29 is 19.4 Å². The Bertz CT molecular complexity index is 786. The summed E-state index contributed by atoms with van der Waals surface area (Å²) in [6.07, 6.45) is 14.6. The van der Waals surface area contributed by atoms with Crippen LogP contribution in [0.15, 0.2) is 11.6 Å². The van der Waals surface area contributed by atoms with E-state index < -0.39 is 16.8 Å². The monoisotopic (exact) mass is 458 g/mol. The molecule has 0 heterocycles. The van der Waals surface area contributed by atoms with Crippen molar-refractivity contribution in [3.05, 3.63) is 11.6 Å². The van der Waals surface area contributed by atoms with Crippen LogP contribution in [0.4, 0.5) is 0 Å². The van der Waals surface area contributed by atoms with Crippen molar-refractivity contribution in [3.8, 4) is 0 Å². The Hall–Kier alpha value is -1.16. The average Bonchev–Trinajstić information content (AvgIpc) is 3.35. The molecule has 4 heteroatoms. The predicted molar refractivity (Wildman–Crippen MR) is 131 cm³/mol. The first-order valence-electron chi connectivity index (χ1n) is 13.7. The Morgan fingerprint density at radius 1 is 1.21 bits per heavy atom. The van der Waals surface area contributed by atoms with E-state index in [0.29, 0.717) is 24.9 Å². The zero-order valence-electron chi connectivity index (χ0n) is 21.6. The number of rotatable bonds is 12. The first-order valence-corrected chi connectivity index (χ1v) is 13.7. The first kappa shape index (κ1) is 24.9. The van der Waals surface area contributed by atoms with E-state index in [1.54, 1.807) is 0 Å². The molecule has 0 aromatic carbocycles. The van der Waals surface area contributed by atoms with E-state index in [1.807, 2.05) is 0 Å². The molecule has 8 atom stereocenters. The third kappa shape index (κ3) is 3.48. The molecule has 186 valence electrons. The van der Waals surface area contributed by atoms with Crippen molar-refractivity contribution in [3.63, 3.8) is 0 Å². The minimum atomic E-state index is -1.04. The Labute approximate surface area is 200 Å². The number of carbonyl (C=O) groups is 2. The van der Waals surface area contributed by atoms with Crippen LogP contribution in [0.5, 0.6) is 0 Å². The standard InChI is InChI=1S/C29H46O4/c1-6-7-8-9-10-11-21(5)33-18-27-15-24(19(2)3)29(26(31)32)25(27)14-22-20(4)12-13-23(22)28(29,16-27)17-30/h15,17,19-23,25H,6-14,16,18H2,1-5H3,(H,31,32). The van der Waals surface area contributed by atoms with Crippen molar-refractivity contribution in [2.45, 2.75) is 105 Å². The van der Waals surface area contributed by atoms with Crippen molar-refractivity contribution in [1.82, 2.24) is 0 Å². The van der Waals surface area contributed by atoms with Crippen molar-refractivity contribution >= 4 is 12.3 Å². The molecule has 4 aliphatic rings. The number of hydrogen-bond donors (Lipinski definition) is 1. The highest BCUT2D eigenvalue weighted by Gasteiger charge is 2.82. The number of aliphatic carboxylic acids is 1. The minimum absolute atomic E-state index is 0.0244. The van der Waals surface area contributed by atoms with Gasteiger partial charge in [0.1, 0.15) is 11.7 Å². The SMILES string of the molecule is CCCCCCCC(C)OCC12C=C(C(C)C)C3(C(=O)O)C1CC1C(C)CCC1C3(C=O)C2. The molecule has 4 aliphatic carbocycles. The van der Waals surface area contributed by atoms with Crippen LogP contribution in [0.2, 0.25) is 0 Å². The molecular formula is C29H46O4. The second-order valence-electron chi connectivity index (χ2n) is 12.4. The summed E-state index contributed by atoms with van der Waals surface area (Å²) in [5.41, 5.74) is -1.13. The fourth-order valence-corrected chi connectivity index (χ4v) is 8.94. The number of carboxylic acid groups (broad SMARTS) is 1. The molecule has 8 unspecified atom stereocenters. The Balaban J connectivity index is 1.63. The lowest BCUT2D eigenvalue weighted by molar-refractivity contribution is -0.169. The minimum Gasteiger partial charge on any atom is -0.481 e. The smallest absolute Gasteiger partial charge is 0.315 e. The third-order valence-electron chi connectivity index (χ3n) is 10.3. The summed E-state index contributed by atoms with van der Waals surface area (Å²) in [7, 11) is 0. The summed E-state index contributed by atoms with van der Waals surface area (Å²) in [4.78, 5) is 26.2. The molecule has 0 aromatic rings. The van der Waals surface area contributed by atoms with Crippen molar-refractivity contribution in [1.29, 1.82) is 0 Å². The van der Waals surface area contributed by atoms with Gasteiger partial charge in [0.25, 0.3) is 0 Å². The molecule has 0 spiro atoms. The molecule has 0 amide bonds. The highest BCUT2D eigenvalue weighted by atomic mass is 16.5. The zero-order valence-corrected chi connectivity index (χ0v) is 21.6. The van der Waals surface area contributed by atoms with Gasteiger partial charge in [0, 0.05) is 5.41 Å². The van der Waals surface area contributed by atoms with E-state index in [2.05, 4.69) is 40.7 Å². The van der Waals surface area contributed by atoms with Gasteiger partial charge >= 0.3 is 5.97 Å². The van der Waals surface area contributed by atoms with Gasteiger partial charge in [-0.15, -0.1) is 0 Å². The number of fused-ring (bicyclic) bond motifs is 2. The maximum absolute atomic E-state index is 13.2. The largest absolute Gasteiger partial charge is 0.481 e. The van der Waals surface area contributed by atoms with Crippen LogP contribution in [0, 0.1) is 45.8 Å². The molecule has 3 fully saturated rings. The number of carbonyl (C=O) groups excluding carboxylic acids is 1. The normalized spacial score (nSPS) is 41.8. The molecule has 33 heavy (non-hydrogen) atoms. The van der Waals surface area contributed by atoms with Crippen LogP contribution in [-0.4, -0.2) is 30.1 Å². The van der Waals surface area contributed by atoms with E-state index in [-0.39, 0.29) is 29.3 Å². The van der Waals surface area contributed by atoms with Crippen molar-refractivity contribution in [2.75, 3.05) is 6.61 Å². The molecule has 4 nitrogen and oxygen atoms in total. The molecule has 0 radical (unpaired) electrons. The Kier molecular flexibility index (Phi) is 6.90. The molecule has 3 saturated carbocycles. The predicted octanol–water partition coefficient (Wildman–Crippen LogP) is 6.68. The van der Waals surface area contributed by atoms with E-state index in [4.69, 9.17) is 4.74 Å². The van der Waals surface area contributed by atoms with Gasteiger partial charge in [-0.1, -0.05) is 77.9 Å². The fraction of sp³-hybridized carbons (Fsp3) is 0.862. The summed E-state index contributed by atoms with van der Waals surface area (Å²) in [6.45, 7) is 11.5. The van der Waals surface area contributed by atoms with Gasteiger partial charge in [0.2, 0.25) is 0 Å². The van der Waals surface area contributed by atoms with E-state index in [1.165, 1.54) is 32.1 Å². The van der Waals surface area contributed by atoms with Gasteiger partial charge < -0.3 is 14.6 Å². The number of ether oxygens (including phenoxy) is 1. The van der Waals surface area contributed by atoms with Gasteiger partial charge in [0.05, 0.1) is 18.1 Å². The Morgan fingerprint density at radius 2 is 1.94 bits per heavy atom. The maximum atomic E-state index is 13.2. The van der Waals surface area contributed by atoms with Crippen LogP contribution in [-0.2, 0) is 14.3 Å². The number of carboxylic acids is 1. The van der Waals surface area contributed by atoms with Gasteiger partial charge in [-0.2, -0.15) is 0 Å². The third-order valence-corrected chi connectivity index (χ3v) is 10.3. The first-order chi connectivity index (χ1) is 15.7. The summed E-state index contributed by atoms with van der Waals surface area (Å²) < 4.78 is 6.50. The van der Waals surface area contributed by atoms with Gasteiger partial charge in [0.15, 0.2) is 0 Å². The van der Waals surface area contributed by atoms with Gasteiger partial charge in [-0.3, -0.25) is 4.79 Å². The lowest BCUT2D eigenvalue weighted by Crippen LogP contribution is -2.58. The van der Waals surface area contributed by atoms with Crippen molar-refractivity contribution in [2.24, 2.45) is 45.8 Å². The highest BCUT2D eigenvalue weighted by molar-refractivity contribution is 5.89. The summed E-state index contributed by atoms with van der Waals surface area (Å²) in [6, 6.07) is 0. The molecule has 0 aromatic heterocycles. The molecular weight excluding hydrogens is 412 g/mol. The van der Waals surface area contributed by atoms with E-state index >= 15 is 0 Å². The van der Waals surface area contributed by atoms with Crippen LogP contribution < -0.4 is 0 Å². The van der Waals surface area contributed by atoms with Crippen LogP contribution in [0.1, 0.15) is 98.8 Å². The lowest BCUT2D eigenvalue weighted by atomic mass is 9.47. The average molecular weight is 459 g/mol. The molecule has 1 N–H and O–H groups in total. The second-order valence-corrected chi connectivity index (χ2v) is 12.4. The zero-order chi connectivity index (χ0) is 24.0. The van der Waals surface area contributed by atoms with E-state index in [0.717, 1.165) is 37.5 Å². The summed E-state index contributed by atoms with van der Waals surface area (Å²) in [5, 5.41) is 10.8. The highest BCUT2D eigenvalue weighted by Crippen LogP contribution is 2.81.